The summed E-state index contributed by atoms with van der Waals surface area (Å²) in [6.07, 6.45) is 1.59. The summed E-state index contributed by atoms with van der Waals surface area (Å²) in [7, 11) is 1.28. The van der Waals surface area contributed by atoms with E-state index in [0.29, 0.717) is 18.0 Å². The molecule has 0 bridgehead atoms. The van der Waals surface area contributed by atoms with Gasteiger partial charge in [-0.1, -0.05) is 0 Å². The number of hydrogen-bond donors (Lipinski definition) is 1. The van der Waals surface area contributed by atoms with Crippen LogP contribution in [0.4, 0.5) is 0 Å². The van der Waals surface area contributed by atoms with Crippen LogP contribution in [0, 0.1) is 0 Å². The predicted molar refractivity (Wildman–Crippen MR) is 88.8 cm³/mol. The monoisotopic (exact) mass is 357 g/mol. The first-order valence-corrected chi connectivity index (χ1v) is 9.08. The van der Waals surface area contributed by atoms with E-state index in [-0.39, 0.29) is 17.1 Å². The van der Waals surface area contributed by atoms with E-state index in [0.717, 1.165) is 17.7 Å². The van der Waals surface area contributed by atoms with E-state index in [4.69, 9.17) is 4.74 Å². The fourth-order valence-electron chi connectivity index (χ4n) is 2.18. The summed E-state index contributed by atoms with van der Waals surface area (Å²) in [5.74, 6) is -1.11. The smallest absolute Gasteiger partial charge is 0.348 e. The summed E-state index contributed by atoms with van der Waals surface area (Å²) in [6, 6.07) is 3.69. The minimum absolute atomic E-state index is 0.143. The van der Waals surface area contributed by atoms with Crippen LogP contribution in [-0.4, -0.2) is 48.6 Å². The van der Waals surface area contributed by atoms with Gasteiger partial charge in [-0.25, -0.2) is 4.79 Å². The van der Waals surface area contributed by atoms with Crippen molar-refractivity contribution in [1.29, 1.82) is 0 Å². The quantitative estimate of drug-likeness (QED) is 0.616. The topological polar surface area (TPSA) is 81.7 Å². The van der Waals surface area contributed by atoms with Gasteiger partial charge in [0.15, 0.2) is 5.25 Å². The predicted octanol–water partition coefficient (Wildman–Crippen LogP) is 1.63. The van der Waals surface area contributed by atoms with Crippen molar-refractivity contribution in [2.45, 2.75) is 30.3 Å². The zero-order valence-electron chi connectivity index (χ0n) is 13.0. The highest BCUT2D eigenvalue weighted by atomic mass is 32.2. The number of ether oxygens (including phenoxy) is 2. The molecule has 1 aliphatic heterocycles. The molecule has 1 aromatic heterocycles. The van der Waals surface area contributed by atoms with Crippen LogP contribution >= 0.6 is 23.1 Å². The van der Waals surface area contributed by atoms with Crippen LogP contribution in [0.5, 0.6) is 0 Å². The van der Waals surface area contributed by atoms with Gasteiger partial charge in [0, 0.05) is 16.7 Å². The molecular formula is C15H19NO5S2. The summed E-state index contributed by atoms with van der Waals surface area (Å²) < 4.78 is 9.62. The van der Waals surface area contributed by atoms with Crippen molar-refractivity contribution in [2.75, 3.05) is 20.3 Å². The summed E-state index contributed by atoms with van der Waals surface area (Å²) in [4.78, 5) is 36.6. The van der Waals surface area contributed by atoms with E-state index in [1.807, 2.05) is 6.07 Å². The highest BCUT2D eigenvalue weighted by Gasteiger charge is 2.35. The fraction of sp³-hybridized carbons (Fsp3) is 0.533. The van der Waals surface area contributed by atoms with Crippen LogP contribution in [0.2, 0.25) is 0 Å². The fourth-order valence-corrected chi connectivity index (χ4v) is 4.33. The molecule has 2 rings (SSSR count). The third-order valence-electron chi connectivity index (χ3n) is 3.34. The van der Waals surface area contributed by atoms with Gasteiger partial charge >= 0.3 is 11.9 Å². The van der Waals surface area contributed by atoms with Crippen LogP contribution in [0.15, 0.2) is 12.1 Å². The second-order valence-corrected chi connectivity index (χ2v) is 7.51. The molecule has 1 amide bonds. The molecule has 6 nitrogen and oxygen atoms in total. The van der Waals surface area contributed by atoms with Gasteiger partial charge in [0.05, 0.1) is 13.7 Å². The Bertz CT molecular complexity index is 578. The lowest BCUT2D eigenvalue weighted by Gasteiger charge is -2.27. The van der Waals surface area contributed by atoms with Gasteiger partial charge < -0.3 is 14.8 Å². The lowest BCUT2D eigenvalue weighted by molar-refractivity contribution is -0.143. The van der Waals surface area contributed by atoms with E-state index in [1.54, 1.807) is 13.0 Å². The summed E-state index contributed by atoms with van der Waals surface area (Å²) in [5.41, 5.74) is 0. The Kier molecular flexibility index (Phi) is 6.47. The minimum Gasteiger partial charge on any atom is -0.468 e. The van der Waals surface area contributed by atoms with Crippen molar-refractivity contribution in [2.24, 2.45) is 0 Å². The molecule has 1 aromatic rings. The van der Waals surface area contributed by atoms with Gasteiger partial charge in [-0.3, -0.25) is 9.59 Å². The van der Waals surface area contributed by atoms with Gasteiger partial charge in [-0.2, -0.15) is 0 Å². The maximum absolute atomic E-state index is 11.7. The molecule has 2 heterocycles. The van der Waals surface area contributed by atoms with Crippen molar-refractivity contribution in [3.05, 3.63) is 21.9 Å². The normalized spacial score (nSPS) is 20.7. The number of rotatable bonds is 6. The average molecular weight is 357 g/mol. The van der Waals surface area contributed by atoms with Crippen LogP contribution in [0.25, 0.3) is 0 Å². The van der Waals surface area contributed by atoms with Crippen LogP contribution in [0.1, 0.15) is 27.9 Å². The Morgan fingerprint density at radius 3 is 2.87 bits per heavy atom. The summed E-state index contributed by atoms with van der Waals surface area (Å²) in [5, 5.41) is 2.09. The molecule has 0 spiro atoms. The van der Waals surface area contributed by atoms with Crippen molar-refractivity contribution in [3.63, 3.8) is 0 Å². The third kappa shape index (κ3) is 4.71. The van der Waals surface area contributed by atoms with Gasteiger partial charge in [0.2, 0.25) is 5.91 Å². The molecule has 0 saturated carbocycles. The highest BCUT2D eigenvalue weighted by Crippen LogP contribution is 2.28. The minimum atomic E-state index is -0.794. The van der Waals surface area contributed by atoms with Crippen LogP contribution in [0.3, 0.4) is 0 Å². The van der Waals surface area contributed by atoms with Crippen molar-refractivity contribution in [3.8, 4) is 0 Å². The molecule has 1 saturated heterocycles. The highest BCUT2D eigenvalue weighted by molar-refractivity contribution is 8.02. The first kappa shape index (κ1) is 17.8. The number of methoxy groups -OCH3 is 1. The summed E-state index contributed by atoms with van der Waals surface area (Å²) in [6.45, 7) is 2.67. The van der Waals surface area contributed by atoms with Crippen molar-refractivity contribution >= 4 is 40.9 Å². The molecule has 1 N–H and O–H groups in total. The Balaban J connectivity index is 1.87. The number of thiophene rings is 1. The second-order valence-electron chi connectivity index (χ2n) is 4.93. The van der Waals surface area contributed by atoms with E-state index < -0.39 is 11.2 Å². The Labute approximate surface area is 142 Å². The molecule has 8 heteroatoms. The molecule has 1 aliphatic rings. The number of aryl methyl sites for hydroxylation is 1. The molecule has 23 heavy (non-hydrogen) atoms. The zero-order valence-corrected chi connectivity index (χ0v) is 14.6. The zero-order chi connectivity index (χ0) is 16.8. The molecule has 1 unspecified atom stereocenters. The third-order valence-corrected chi connectivity index (χ3v) is 5.93. The van der Waals surface area contributed by atoms with Gasteiger partial charge in [-0.15, -0.1) is 23.1 Å². The number of carbonyl (C=O) groups is 3. The average Bonchev–Trinajstić information content (AvgIpc) is 3.02. The second kappa shape index (κ2) is 8.35. The van der Waals surface area contributed by atoms with E-state index in [2.05, 4.69) is 10.1 Å². The van der Waals surface area contributed by atoms with Crippen molar-refractivity contribution in [1.82, 2.24) is 5.32 Å². The van der Waals surface area contributed by atoms with E-state index in [9.17, 15) is 14.4 Å². The Hall–Kier alpha value is -1.54. The van der Waals surface area contributed by atoms with Crippen molar-refractivity contribution < 1.29 is 23.9 Å². The van der Waals surface area contributed by atoms with Gasteiger partial charge in [0.1, 0.15) is 4.88 Å². The lowest BCUT2D eigenvalue weighted by atomic mass is 10.2. The number of amides is 1. The molecule has 0 aromatic carbocycles. The van der Waals surface area contributed by atoms with E-state index >= 15 is 0 Å². The first-order chi connectivity index (χ1) is 11.0. The standard InChI is InChI=1S/C15H19NO5S2/c1-3-21-14(18)11-7-6-9(22-11)4-5-10-8-16-13(17)12(23-10)15(19)20-2/h6-7,10,12H,3-5,8H2,1-2H3,(H,16,17)/t10-,12?/m1/s1. The van der Waals surface area contributed by atoms with Crippen LogP contribution < -0.4 is 5.32 Å². The lowest BCUT2D eigenvalue weighted by Crippen LogP contribution is -2.47. The number of nitrogens with one attached hydrogen (secondary N) is 1. The van der Waals surface area contributed by atoms with E-state index in [1.165, 1.54) is 30.2 Å². The molecule has 0 radical (unpaired) electrons. The van der Waals surface area contributed by atoms with Gasteiger partial charge in [-0.05, 0) is 31.9 Å². The summed E-state index contributed by atoms with van der Waals surface area (Å²) >= 11 is 2.76. The largest absolute Gasteiger partial charge is 0.468 e. The molecule has 2 atom stereocenters. The number of thioether (sulfide) groups is 1. The number of esters is 2. The SMILES string of the molecule is CCOC(=O)c1ccc(CC[C@@H]2CNC(=O)C(C(=O)OC)S2)s1. The molecule has 1 fully saturated rings. The van der Waals surface area contributed by atoms with Crippen LogP contribution in [-0.2, 0) is 25.5 Å². The van der Waals surface area contributed by atoms with Gasteiger partial charge in [0.25, 0.3) is 0 Å². The molecule has 126 valence electrons. The first-order valence-electron chi connectivity index (χ1n) is 7.32. The molecule has 0 aliphatic carbocycles. The maximum atomic E-state index is 11.7. The number of hydrogen-bond acceptors (Lipinski definition) is 7. The Morgan fingerprint density at radius 2 is 2.17 bits per heavy atom. The molecular weight excluding hydrogens is 338 g/mol. The number of carbonyl (C=O) groups excluding carboxylic acids is 3. The Morgan fingerprint density at radius 1 is 1.39 bits per heavy atom. The maximum Gasteiger partial charge on any atom is 0.348 e.